The van der Waals surface area contributed by atoms with Gasteiger partial charge in [-0.05, 0) is 36.8 Å². The zero-order valence-corrected chi connectivity index (χ0v) is 12.5. The molecule has 2 N–H and O–H groups in total. The summed E-state index contributed by atoms with van der Waals surface area (Å²) in [6, 6.07) is 9.96. The van der Waals surface area contributed by atoms with Crippen LogP contribution in [0.2, 0.25) is 5.02 Å². The Bertz CT molecular complexity index is 619. The van der Waals surface area contributed by atoms with Gasteiger partial charge in [0.05, 0.1) is 6.61 Å². The van der Waals surface area contributed by atoms with Crippen molar-refractivity contribution in [3.05, 3.63) is 58.4 Å². The van der Waals surface area contributed by atoms with E-state index in [0.29, 0.717) is 35.2 Å². The monoisotopic (exact) mass is 309 g/mol. The SMILES string of the molecule is CCOc1cc(CN)ccc1OCc1ccc(Cl)cc1F. The zero-order valence-electron chi connectivity index (χ0n) is 11.7. The minimum atomic E-state index is -0.390. The van der Waals surface area contributed by atoms with Gasteiger partial charge in [0.2, 0.25) is 0 Å². The molecule has 0 saturated heterocycles. The molecule has 0 bridgehead atoms. The lowest BCUT2D eigenvalue weighted by Gasteiger charge is -2.13. The fraction of sp³-hybridized carbons (Fsp3) is 0.250. The Morgan fingerprint density at radius 2 is 1.90 bits per heavy atom. The number of rotatable bonds is 6. The van der Waals surface area contributed by atoms with Crippen LogP contribution in [0.4, 0.5) is 4.39 Å². The molecule has 0 atom stereocenters. The van der Waals surface area contributed by atoms with E-state index in [2.05, 4.69) is 0 Å². The van der Waals surface area contributed by atoms with E-state index in [1.165, 1.54) is 6.07 Å². The van der Waals surface area contributed by atoms with Gasteiger partial charge in [-0.3, -0.25) is 0 Å². The lowest BCUT2D eigenvalue weighted by molar-refractivity contribution is 0.265. The zero-order chi connectivity index (χ0) is 15.2. The number of halogens is 2. The summed E-state index contributed by atoms with van der Waals surface area (Å²) in [5, 5.41) is 0.360. The summed E-state index contributed by atoms with van der Waals surface area (Å²) in [5.41, 5.74) is 6.99. The highest BCUT2D eigenvalue weighted by Crippen LogP contribution is 2.29. The van der Waals surface area contributed by atoms with Crippen molar-refractivity contribution in [2.45, 2.75) is 20.1 Å². The Hall–Kier alpha value is -1.78. The number of ether oxygens (including phenoxy) is 2. The maximum atomic E-state index is 13.7. The van der Waals surface area contributed by atoms with E-state index < -0.39 is 0 Å². The third kappa shape index (κ3) is 4.09. The summed E-state index contributed by atoms with van der Waals surface area (Å²) in [7, 11) is 0. The lowest BCUT2D eigenvalue weighted by Crippen LogP contribution is -2.03. The van der Waals surface area contributed by atoms with E-state index in [-0.39, 0.29) is 12.4 Å². The molecule has 0 saturated carbocycles. The molecule has 21 heavy (non-hydrogen) atoms. The maximum Gasteiger partial charge on any atom is 0.161 e. The Kier molecular flexibility index (Phi) is 5.42. The van der Waals surface area contributed by atoms with Gasteiger partial charge in [-0.1, -0.05) is 23.7 Å². The summed E-state index contributed by atoms with van der Waals surface area (Å²) in [6.45, 7) is 2.93. The molecule has 0 aliphatic heterocycles. The van der Waals surface area contributed by atoms with Crippen molar-refractivity contribution in [3.8, 4) is 11.5 Å². The molecule has 112 valence electrons. The Morgan fingerprint density at radius 3 is 2.57 bits per heavy atom. The van der Waals surface area contributed by atoms with Gasteiger partial charge < -0.3 is 15.2 Å². The first-order valence-electron chi connectivity index (χ1n) is 6.66. The average molecular weight is 310 g/mol. The molecule has 2 aromatic rings. The fourth-order valence-corrected chi connectivity index (χ4v) is 2.02. The van der Waals surface area contributed by atoms with E-state index >= 15 is 0 Å². The van der Waals surface area contributed by atoms with Crippen LogP contribution >= 0.6 is 11.6 Å². The van der Waals surface area contributed by atoms with Crippen LogP contribution in [0.5, 0.6) is 11.5 Å². The van der Waals surface area contributed by atoms with Gasteiger partial charge >= 0.3 is 0 Å². The topological polar surface area (TPSA) is 44.5 Å². The second-order valence-electron chi connectivity index (χ2n) is 4.44. The number of hydrogen-bond donors (Lipinski definition) is 1. The lowest BCUT2D eigenvalue weighted by atomic mass is 10.2. The molecule has 0 unspecified atom stereocenters. The molecule has 0 fully saturated rings. The van der Waals surface area contributed by atoms with E-state index in [1.54, 1.807) is 18.2 Å². The normalized spacial score (nSPS) is 10.5. The predicted octanol–water partition coefficient (Wildman–Crippen LogP) is 3.92. The summed E-state index contributed by atoms with van der Waals surface area (Å²) in [4.78, 5) is 0. The van der Waals surface area contributed by atoms with Gasteiger partial charge in [0, 0.05) is 17.1 Å². The van der Waals surface area contributed by atoms with Crippen molar-refractivity contribution in [3.63, 3.8) is 0 Å². The van der Waals surface area contributed by atoms with Crippen molar-refractivity contribution >= 4 is 11.6 Å². The standard InChI is InChI=1S/C16H17ClFNO2/c1-2-20-16-7-11(9-19)3-6-15(16)21-10-12-4-5-13(17)8-14(12)18/h3-8H,2,9-10,19H2,1H3. The predicted molar refractivity (Wildman–Crippen MR) is 81.2 cm³/mol. The van der Waals surface area contributed by atoms with Gasteiger partial charge in [0.15, 0.2) is 11.5 Å². The average Bonchev–Trinajstić information content (AvgIpc) is 2.47. The molecule has 0 aromatic heterocycles. The number of hydrogen-bond acceptors (Lipinski definition) is 3. The summed E-state index contributed by atoms with van der Waals surface area (Å²) in [6.07, 6.45) is 0. The van der Waals surface area contributed by atoms with Crippen LogP contribution in [-0.2, 0) is 13.2 Å². The van der Waals surface area contributed by atoms with Crippen LogP contribution in [0.25, 0.3) is 0 Å². The van der Waals surface area contributed by atoms with Crippen molar-refractivity contribution in [1.82, 2.24) is 0 Å². The van der Waals surface area contributed by atoms with E-state index in [1.807, 2.05) is 19.1 Å². The largest absolute Gasteiger partial charge is 0.490 e. The molecule has 0 heterocycles. The van der Waals surface area contributed by atoms with Crippen molar-refractivity contribution in [2.75, 3.05) is 6.61 Å². The second-order valence-corrected chi connectivity index (χ2v) is 4.88. The minimum absolute atomic E-state index is 0.102. The highest BCUT2D eigenvalue weighted by molar-refractivity contribution is 6.30. The first-order chi connectivity index (χ1) is 10.1. The molecular formula is C16H17ClFNO2. The molecule has 0 amide bonds. The Morgan fingerprint density at radius 1 is 1.10 bits per heavy atom. The molecule has 0 radical (unpaired) electrons. The van der Waals surface area contributed by atoms with Crippen molar-refractivity contribution < 1.29 is 13.9 Å². The second kappa shape index (κ2) is 7.29. The molecule has 2 rings (SSSR count). The molecule has 3 nitrogen and oxygen atoms in total. The van der Waals surface area contributed by atoms with Crippen LogP contribution in [0.3, 0.4) is 0 Å². The van der Waals surface area contributed by atoms with E-state index in [4.69, 9.17) is 26.8 Å². The van der Waals surface area contributed by atoms with Crippen LogP contribution < -0.4 is 15.2 Å². The number of nitrogens with two attached hydrogens (primary N) is 1. The van der Waals surface area contributed by atoms with Gasteiger partial charge in [0.25, 0.3) is 0 Å². The Labute approximate surface area is 128 Å². The molecule has 0 aliphatic carbocycles. The first-order valence-corrected chi connectivity index (χ1v) is 7.04. The molecule has 5 heteroatoms. The molecule has 0 spiro atoms. The highest BCUT2D eigenvalue weighted by Gasteiger charge is 2.09. The quantitative estimate of drug-likeness (QED) is 0.879. The van der Waals surface area contributed by atoms with Crippen LogP contribution in [0, 0.1) is 5.82 Å². The molecule has 0 aliphatic rings. The molecule has 2 aromatic carbocycles. The fourth-order valence-electron chi connectivity index (χ4n) is 1.86. The van der Waals surface area contributed by atoms with Crippen molar-refractivity contribution in [1.29, 1.82) is 0 Å². The third-order valence-electron chi connectivity index (χ3n) is 2.94. The van der Waals surface area contributed by atoms with Gasteiger partial charge in [-0.2, -0.15) is 0 Å². The third-order valence-corrected chi connectivity index (χ3v) is 3.18. The first kappa shape index (κ1) is 15.6. The van der Waals surface area contributed by atoms with Gasteiger partial charge in [-0.15, -0.1) is 0 Å². The van der Waals surface area contributed by atoms with Crippen LogP contribution in [0.15, 0.2) is 36.4 Å². The summed E-state index contributed by atoms with van der Waals surface area (Å²) < 4.78 is 24.9. The van der Waals surface area contributed by atoms with Gasteiger partial charge in [-0.25, -0.2) is 4.39 Å². The van der Waals surface area contributed by atoms with Crippen molar-refractivity contribution in [2.24, 2.45) is 5.73 Å². The number of benzene rings is 2. The van der Waals surface area contributed by atoms with Crippen LogP contribution in [0.1, 0.15) is 18.1 Å². The smallest absolute Gasteiger partial charge is 0.161 e. The summed E-state index contributed by atoms with van der Waals surface area (Å²) in [5.74, 6) is 0.775. The van der Waals surface area contributed by atoms with Gasteiger partial charge in [0.1, 0.15) is 12.4 Å². The Balaban J connectivity index is 2.15. The van der Waals surface area contributed by atoms with Crippen LogP contribution in [-0.4, -0.2) is 6.61 Å². The maximum absolute atomic E-state index is 13.7. The van der Waals surface area contributed by atoms with E-state index in [0.717, 1.165) is 5.56 Å². The highest BCUT2D eigenvalue weighted by atomic mass is 35.5. The summed E-state index contributed by atoms with van der Waals surface area (Å²) >= 11 is 5.72. The minimum Gasteiger partial charge on any atom is -0.490 e. The molecular weight excluding hydrogens is 293 g/mol. The van der Waals surface area contributed by atoms with E-state index in [9.17, 15) is 4.39 Å².